The van der Waals surface area contributed by atoms with Crippen molar-refractivity contribution in [1.82, 2.24) is 0 Å². The summed E-state index contributed by atoms with van der Waals surface area (Å²) in [5, 5.41) is 1.53. The van der Waals surface area contributed by atoms with Crippen LogP contribution in [-0.2, 0) is 30.7 Å². The van der Waals surface area contributed by atoms with E-state index in [-0.39, 0.29) is 24.8 Å². The fourth-order valence-electron chi connectivity index (χ4n) is 6.57. The third-order valence-electron chi connectivity index (χ3n) is 9.55. The van der Waals surface area contributed by atoms with Crippen LogP contribution in [0, 0.1) is 23.5 Å². The number of fused-ring (bicyclic) bond motifs is 3. The molecule has 0 aliphatic heterocycles. The molecule has 55 heavy (non-hydrogen) atoms. The van der Waals surface area contributed by atoms with Crippen molar-refractivity contribution in [2.45, 2.75) is 47.0 Å². The predicted octanol–water partition coefficient (Wildman–Crippen LogP) is 8.26. The van der Waals surface area contributed by atoms with Crippen molar-refractivity contribution in [1.29, 1.82) is 0 Å². The first-order valence-electron chi connectivity index (χ1n) is 18.3. The van der Waals surface area contributed by atoms with Crippen LogP contribution < -0.4 is 24.8 Å². The Morgan fingerprint density at radius 2 is 1.22 bits per heavy atom. The first kappa shape index (κ1) is 44.4. The second-order valence-electron chi connectivity index (χ2n) is 14.5. The molecule has 0 nitrogen and oxygen atoms in total. The Morgan fingerprint density at radius 1 is 0.673 bits per heavy atom. The number of halogens is 4. The van der Waals surface area contributed by atoms with Gasteiger partial charge in [-0.05, 0) is 23.1 Å². The van der Waals surface area contributed by atoms with Crippen molar-refractivity contribution in [3.63, 3.8) is 0 Å². The molecule has 2 aliphatic carbocycles. The van der Waals surface area contributed by atoms with E-state index in [1.54, 1.807) is 0 Å². The van der Waals surface area contributed by atoms with Crippen molar-refractivity contribution in [3.05, 3.63) is 202 Å². The molecule has 278 valence electrons. The number of hydrogen-bond donors (Lipinski definition) is 0. The Labute approximate surface area is 365 Å². The van der Waals surface area contributed by atoms with Crippen LogP contribution in [0.25, 0.3) is 33.4 Å². The maximum Gasteiger partial charge on any atom is -0.0181 e. The molecule has 2 aliphatic rings. The van der Waals surface area contributed by atoms with Gasteiger partial charge in [0, 0.05) is 0 Å². The van der Waals surface area contributed by atoms with Gasteiger partial charge in [0.1, 0.15) is 0 Å². The number of hydrogen-bond acceptors (Lipinski definition) is 0. The van der Waals surface area contributed by atoms with Gasteiger partial charge in [-0.1, -0.05) is 147 Å². The summed E-state index contributed by atoms with van der Waals surface area (Å²) in [6, 6.07) is 51.8. The van der Waals surface area contributed by atoms with E-state index in [9.17, 15) is 0 Å². The fraction of sp³-hybridized carbons (Fsp3) is 0.180. The quantitative estimate of drug-likeness (QED) is 0.148. The second kappa shape index (κ2) is 20.8. The van der Waals surface area contributed by atoms with Crippen molar-refractivity contribution in [2.75, 3.05) is 0 Å². The average molecular weight is 878 g/mol. The van der Waals surface area contributed by atoms with Crippen LogP contribution in [0.15, 0.2) is 157 Å². The van der Waals surface area contributed by atoms with E-state index in [4.69, 9.17) is 23.2 Å². The molecule has 5 heteroatoms. The smallest absolute Gasteiger partial charge is 0.0181 e. The molecule has 0 amide bonds. The molecule has 0 heterocycles. The average Bonchev–Trinajstić information content (AvgIpc) is 3.81. The zero-order chi connectivity index (χ0) is 37.4. The Morgan fingerprint density at radius 3 is 1.75 bits per heavy atom. The van der Waals surface area contributed by atoms with Crippen LogP contribution in [0.2, 0.25) is 10.0 Å². The van der Waals surface area contributed by atoms with Crippen LogP contribution in [0.1, 0.15) is 62.8 Å². The van der Waals surface area contributed by atoms with E-state index in [0.717, 1.165) is 16.5 Å². The Kier molecular flexibility index (Phi) is 16.8. The maximum atomic E-state index is 5.86. The second-order valence-corrected chi connectivity index (χ2v) is 16.6. The fourth-order valence-corrected chi connectivity index (χ4v) is 7.65. The number of allylic oxidation sites excluding steroid dienone is 4. The minimum atomic E-state index is 0. The molecular formula is C50H44Cl4Zr-2. The summed E-state index contributed by atoms with van der Waals surface area (Å²) in [6.07, 6.45) is 11.4. The van der Waals surface area contributed by atoms with E-state index >= 15 is 0 Å². The van der Waals surface area contributed by atoms with Crippen molar-refractivity contribution < 1.29 is 49.0 Å². The zero-order valence-electron chi connectivity index (χ0n) is 31.6. The van der Waals surface area contributed by atoms with Gasteiger partial charge in [0.25, 0.3) is 0 Å². The molecule has 6 aromatic rings. The summed E-state index contributed by atoms with van der Waals surface area (Å²) in [5.74, 6) is 0.587. The van der Waals surface area contributed by atoms with E-state index in [1.807, 2.05) is 48.5 Å². The molecule has 1 unspecified atom stereocenters. The first-order valence-corrected chi connectivity index (χ1v) is 20.3. The summed E-state index contributed by atoms with van der Waals surface area (Å²) in [6.45, 7) is 8.99. The Bertz CT molecular complexity index is 2080. The van der Waals surface area contributed by atoms with E-state index in [0.29, 0.717) is 11.3 Å². The largest absolute Gasteiger partial charge is 1.00 e. The van der Waals surface area contributed by atoms with Crippen molar-refractivity contribution in [2.24, 2.45) is 11.3 Å². The molecule has 0 N–H and O–H groups in total. The van der Waals surface area contributed by atoms with Crippen LogP contribution in [0.5, 0.6) is 0 Å². The molecule has 0 bridgehead atoms. The van der Waals surface area contributed by atoms with Gasteiger partial charge in [0.05, 0.1) is 0 Å². The van der Waals surface area contributed by atoms with Gasteiger partial charge in [-0.15, -0.1) is 29.3 Å². The molecule has 0 fully saturated rings. The van der Waals surface area contributed by atoms with Crippen LogP contribution in [-0.4, -0.2) is 3.21 Å². The molecule has 0 spiro atoms. The van der Waals surface area contributed by atoms with E-state index in [2.05, 4.69) is 143 Å². The predicted molar refractivity (Wildman–Crippen MR) is 224 cm³/mol. The summed E-state index contributed by atoms with van der Waals surface area (Å²) in [4.78, 5) is 0. The topological polar surface area (TPSA) is 0 Å². The normalized spacial score (nSPS) is 13.4. The summed E-state index contributed by atoms with van der Waals surface area (Å²) < 4.78 is 1.31. The Balaban J connectivity index is 0.000000195. The van der Waals surface area contributed by atoms with Gasteiger partial charge < -0.3 is 24.8 Å². The standard InChI is InChI=1S/C25H17.C13H8Cl2.C12H19.2ClH.Zr/c1-3-7-18(8-4-1)20-11-13-24-22(15-20)17-23-16-21(12-14-25(23)24)19-9-5-2-6-10-19;14-12-5-1-10(2-6-12)9-11-3-7-13(15)8-4-11;1-5-6-10-7-8-11(9-10)12(2,3)4;;;/h1-15H,17H2;1-8H;8-10H,5-6H2,1-4H3;2*1H;/q-1;;-1;;;+2/p-2. The van der Waals surface area contributed by atoms with Gasteiger partial charge in [-0.25, -0.2) is 6.08 Å². The van der Waals surface area contributed by atoms with Crippen LogP contribution in [0.4, 0.5) is 0 Å². The van der Waals surface area contributed by atoms with Crippen LogP contribution >= 0.6 is 23.2 Å². The summed E-state index contributed by atoms with van der Waals surface area (Å²) in [5.41, 5.74) is 14.5. The maximum absolute atomic E-state index is 5.86. The minimum absolute atomic E-state index is 0. The van der Waals surface area contributed by atoms with Gasteiger partial charge in [-0.2, -0.15) is 11.6 Å². The molecular weight excluding hydrogens is 834 g/mol. The van der Waals surface area contributed by atoms with Gasteiger partial charge in [0.2, 0.25) is 0 Å². The first-order chi connectivity index (χ1) is 25.6. The minimum Gasteiger partial charge on any atom is -1.00 e. The van der Waals surface area contributed by atoms with E-state index < -0.39 is 0 Å². The monoisotopic (exact) mass is 874 g/mol. The number of benzene rings is 6. The molecule has 0 saturated heterocycles. The van der Waals surface area contributed by atoms with E-state index in [1.165, 1.54) is 101 Å². The SMILES string of the molecule is CCCC1[C-]=CC(C(C)(C)C)=C1.Clc1ccc([C](=[Zr+2])c2ccc(Cl)cc2)cc1.[Cl-].[Cl-].[c-]1c(-c2ccccc2)ccc2c1Cc1cc(-c3ccccc3)ccc1-2. The van der Waals surface area contributed by atoms with Crippen molar-refractivity contribution >= 4 is 26.4 Å². The van der Waals surface area contributed by atoms with Crippen molar-refractivity contribution in [3.8, 4) is 33.4 Å². The van der Waals surface area contributed by atoms with Gasteiger partial charge >= 0.3 is 120 Å². The third kappa shape index (κ3) is 11.9. The molecule has 0 saturated carbocycles. The zero-order valence-corrected chi connectivity index (χ0v) is 37.1. The van der Waals surface area contributed by atoms with Crippen LogP contribution in [0.3, 0.4) is 0 Å². The van der Waals surface area contributed by atoms with Gasteiger partial charge in [-0.3, -0.25) is 6.08 Å². The summed E-state index contributed by atoms with van der Waals surface area (Å²) >= 11 is 13.1. The number of rotatable bonds is 6. The van der Waals surface area contributed by atoms with Gasteiger partial charge in [0.15, 0.2) is 0 Å². The molecule has 6 aromatic carbocycles. The molecule has 8 rings (SSSR count). The summed E-state index contributed by atoms with van der Waals surface area (Å²) in [7, 11) is 0. The molecule has 0 radical (unpaired) electrons. The Hall–Kier alpha value is -3.29. The molecule has 0 aromatic heterocycles. The molecule has 1 atom stereocenters. The third-order valence-corrected chi connectivity index (χ3v) is 11.5.